The molecule has 4 rings (SSSR count). The van der Waals surface area contributed by atoms with Gasteiger partial charge in [0.25, 0.3) is 0 Å². The molecule has 27 heavy (non-hydrogen) atoms. The number of aromatic hydroxyl groups is 1. The van der Waals surface area contributed by atoms with E-state index >= 15 is 0 Å². The number of carboxylic acid groups (broad SMARTS) is 1. The quantitative estimate of drug-likeness (QED) is 0.662. The lowest BCUT2D eigenvalue weighted by Crippen LogP contribution is -2.25. The van der Waals surface area contributed by atoms with E-state index in [1.54, 1.807) is 24.3 Å². The van der Waals surface area contributed by atoms with Crippen LogP contribution >= 0.6 is 0 Å². The number of anilines is 1. The van der Waals surface area contributed by atoms with Gasteiger partial charge in [-0.1, -0.05) is 24.3 Å². The van der Waals surface area contributed by atoms with Crippen LogP contribution in [-0.2, 0) is 4.79 Å². The van der Waals surface area contributed by atoms with Crippen LogP contribution in [-0.4, -0.2) is 26.7 Å². The summed E-state index contributed by atoms with van der Waals surface area (Å²) < 4.78 is 15.9. The fourth-order valence-corrected chi connectivity index (χ4v) is 3.49. The molecule has 0 aliphatic carbocycles. The minimum Gasteiger partial charge on any atom is -0.508 e. The smallest absolute Gasteiger partial charge is 0.339 e. The van der Waals surface area contributed by atoms with Crippen molar-refractivity contribution in [2.45, 2.75) is 12.3 Å². The molecule has 0 bridgehead atoms. The summed E-state index contributed by atoms with van der Waals surface area (Å²) in [5.41, 5.74) is 1.31. The maximum atomic E-state index is 14.4. The van der Waals surface area contributed by atoms with Crippen LogP contribution in [0.15, 0.2) is 54.7 Å². The van der Waals surface area contributed by atoms with Crippen molar-refractivity contribution in [2.75, 3.05) is 5.32 Å². The fourth-order valence-electron chi connectivity index (χ4n) is 3.49. The predicted molar refractivity (Wildman–Crippen MR) is 95.9 cm³/mol. The molecule has 3 N–H and O–H groups in total. The van der Waals surface area contributed by atoms with E-state index in [2.05, 4.69) is 5.32 Å². The first-order valence-electron chi connectivity index (χ1n) is 8.28. The van der Waals surface area contributed by atoms with Gasteiger partial charge in [0.15, 0.2) is 0 Å². The maximum absolute atomic E-state index is 14.4. The van der Waals surface area contributed by atoms with Gasteiger partial charge in [-0.05, 0) is 29.8 Å². The van der Waals surface area contributed by atoms with Gasteiger partial charge in [0.1, 0.15) is 17.1 Å². The molecule has 1 aliphatic heterocycles. The van der Waals surface area contributed by atoms with Crippen molar-refractivity contribution < 1.29 is 24.2 Å². The van der Waals surface area contributed by atoms with Crippen LogP contribution in [0.2, 0.25) is 0 Å². The number of benzene rings is 2. The van der Waals surface area contributed by atoms with Gasteiger partial charge in [0.05, 0.1) is 17.1 Å². The Labute approximate surface area is 153 Å². The molecule has 2 heterocycles. The second-order valence-electron chi connectivity index (χ2n) is 6.33. The zero-order valence-corrected chi connectivity index (χ0v) is 14.0. The number of carbonyl (C=O) groups excluding carboxylic acids is 1. The Kier molecular flexibility index (Phi) is 3.92. The number of rotatable bonds is 3. The fraction of sp³-hybridized carbons (Fsp3) is 0.100. The molecule has 0 radical (unpaired) electrons. The Morgan fingerprint density at radius 2 is 1.96 bits per heavy atom. The highest BCUT2D eigenvalue weighted by Gasteiger charge is 2.34. The van der Waals surface area contributed by atoms with Gasteiger partial charge in [-0.15, -0.1) is 0 Å². The van der Waals surface area contributed by atoms with Gasteiger partial charge in [-0.3, -0.25) is 4.79 Å². The first-order valence-corrected chi connectivity index (χ1v) is 8.28. The first-order chi connectivity index (χ1) is 13.0. The largest absolute Gasteiger partial charge is 0.508 e. The number of carbonyl (C=O) groups is 2. The van der Waals surface area contributed by atoms with Crippen LogP contribution in [0.5, 0.6) is 5.75 Å². The number of amides is 1. The number of para-hydroxylation sites is 1. The Morgan fingerprint density at radius 1 is 1.19 bits per heavy atom. The highest BCUT2D eigenvalue weighted by molar-refractivity contribution is 6.04. The van der Waals surface area contributed by atoms with E-state index in [0.29, 0.717) is 11.3 Å². The second kappa shape index (κ2) is 6.28. The lowest BCUT2D eigenvalue weighted by atomic mass is 9.88. The topological polar surface area (TPSA) is 91.6 Å². The average molecular weight is 366 g/mol. The van der Waals surface area contributed by atoms with E-state index in [1.165, 1.54) is 35.0 Å². The minimum atomic E-state index is -1.22. The number of carboxylic acids is 1. The maximum Gasteiger partial charge on any atom is 0.339 e. The molecule has 1 atom stereocenters. The third-order valence-electron chi connectivity index (χ3n) is 4.64. The van der Waals surface area contributed by atoms with Crippen LogP contribution in [0.25, 0.3) is 5.69 Å². The number of phenols is 1. The summed E-state index contributed by atoms with van der Waals surface area (Å²) in [5, 5.41) is 22.0. The monoisotopic (exact) mass is 366 g/mol. The van der Waals surface area contributed by atoms with Gasteiger partial charge in [-0.25, -0.2) is 9.18 Å². The van der Waals surface area contributed by atoms with Crippen LogP contribution in [0, 0.1) is 5.82 Å². The van der Waals surface area contributed by atoms with E-state index in [0.717, 1.165) is 0 Å². The number of nitrogens with one attached hydrogen (secondary N) is 1. The Morgan fingerprint density at radius 3 is 2.67 bits per heavy atom. The first kappa shape index (κ1) is 16.8. The number of aromatic nitrogens is 1. The zero-order chi connectivity index (χ0) is 19.1. The summed E-state index contributed by atoms with van der Waals surface area (Å²) in [4.78, 5) is 23.9. The van der Waals surface area contributed by atoms with Gasteiger partial charge >= 0.3 is 5.97 Å². The van der Waals surface area contributed by atoms with E-state index in [4.69, 9.17) is 0 Å². The summed E-state index contributed by atoms with van der Waals surface area (Å²) in [6.07, 6.45) is 1.36. The molecule has 0 spiro atoms. The molecule has 1 unspecified atom stereocenters. The van der Waals surface area contributed by atoms with Gasteiger partial charge < -0.3 is 20.1 Å². The van der Waals surface area contributed by atoms with Crippen LogP contribution in [0.4, 0.5) is 10.1 Å². The van der Waals surface area contributed by atoms with Crippen molar-refractivity contribution in [1.29, 1.82) is 0 Å². The number of halogens is 1. The summed E-state index contributed by atoms with van der Waals surface area (Å²) in [6, 6.07) is 12.4. The lowest BCUT2D eigenvalue weighted by Gasteiger charge is -2.26. The van der Waals surface area contributed by atoms with E-state index < -0.39 is 17.7 Å². The number of aromatic carboxylic acids is 1. The third kappa shape index (κ3) is 2.83. The molecule has 3 aromatic rings. The molecule has 1 amide bonds. The van der Waals surface area contributed by atoms with Gasteiger partial charge in [-0.2, -0.15) is 0 Å². The van der Waals surface area contributed by atoms with E-state index in [-0.39, 0.29) is 35.0 Å². The van der Waals surface area contributed by atoms with Gasteiger partial charge in [0.2, 0.25) is 5.91 Å². The molecule has 1 aliphatic rings. The molecule has 7 heteroatoms. The number of nitrogens with zero attached hydrogens (tertiary/aromatic N) is 1. The predicted octanol–water partition coefficient (Wildman–Crippen LogP) is 3.49. The molecule has 6 nitrogen and oxygen atoms in total. The van der Waals surface area contributed by atoms with E-state index in [1.807, 2.05) is 0 Å². The highest BCUT2D eigenvalue weighted by Crippen LogP contribution is 2.42. The molecule has 1 aromatic heterocycles. The van der Waals surface area contributed by atoms with Crippen molar-refractivity contribution in [3.8, 4) is 11.4 Å². The van der Waals surface area contributed by atoms with Crippen molar-refractivity contribution in [2.24, 2.45) is 0 Å². The standard InChI is InChI=1S/C20H15FN2O4/c21-15-6-1-2-7-16(15)23-10-14(20(26)27)18-19(23)13(9-17(25)22-18)11-4-3-5-12(24)8-11/h1-8,10,13,24H,9H2,(H,22,25)(H,26,27). The Hall–Kier alpha value is -3.61. The van der Waals surface area contributed by atoms with Crippen molar-refractivity contribution in [3.05, 3.63) is 77.4 Å². The van der Waals surface area contributed by atoms with Crippen LogP contribution in [0.3, 0.4) is 0 Å². The molecular weight excluding hydrogens is 351 g/mol. The molecular formula is C20H15FN2O4. The Balaban J connectivity index is 2.01. The third-order valence-corrected chi connectivity index (χ3v) is 4.64. The van der Waals surface area contributed by atoms with Crippen LogP contribution in [0.1, 0.15) is 34.0 Å². The Bertz CT molecular complexity index is 1070. The highest BCUT2D eigenvalue weighted by atomic mass is 19.1. The molecule has 2 aromatic carbocycles. The SMILES string of the molecule is O=C1CC(c2cccc(O)c2)c2c(c(C(=O)O)cn2-c2ccccc2F)N1. The zero-order valence-electron chi connectivity index (χ0n) is 14.0. The lowest BCUT2D eigenvalue weighted by molar-refractivity contribution is -0.116. The summed E-state index contributed by atoms with van der Waals surface area (Å²) in [5.74, 6) is -2.59. The summed E-state index contributed by atoms with van der Waals surface area (Å²) in [7, 11) is 0. The van der Waals surface area contributed by atoms with Crippen molar-refractivity contribution >= 4 is 17.6 Å². The normalized spacial score (nSPS) is 15.9. The minimum absolute atomic E-state index is 0.0301. The van der Waals surface area contributed by atoms with Gasteiger partial charge in [0, 0.05) is 18.5 Å². The molecule has 0 saturated carbocycles. The van der Waals surface area contributed by atoms with Crippen LogP contribution < -0.4 is 5.32 Å². The number of hydrogen-bond acceptors (Lipinski definition) is 3. The average Bonchev–Trinajstić information content (AvgIpc) is 3.01. The molecule has 136 valence electrons. The number of fused-ring (bicyclic) bond motifs is 1. The summed E-state index contributed by atoms with van der Waals surface area (Å²) in [6.45, 7) is 0. The molecule has 0 fully saturated rings. The summed E-state index contributed by atoms with van der Waals surface area (Å²) >= 11 is 0. The van der Waals surface area contributed by atoms with Crippen molar-refractivity contribution in [1.82, 2.24) is 4.57 Å². The van der Waals surface area contributed by atoms with E-state index in [9.17, 15) is 24.2 Å². The number of hydrogen-bond donors (Lipinski definition) is 3. The second-order valence-corrected chi connectivity index (χ2v) is 6.33. The number of phenolic OH excluding ortho intramolecular Hbond substituents is 1. The van der Waals surface area contributed by atoms with Crippen molar-refractivity contribution in [3.63, 3.8) is 0 Å². The molecule has 0 saturated heterocycles.